The molecule has 0 aliphatic carbocycles. The molecule has 3 aromatic carbocycles. The van der Waals surface area contributed by atoms with Crippen LogP contribution in [0.5, 0.6) is 5.75 Å². The molecule has 0 amide bonds. The van der Waals surface area contributed by atoms with Gasteiger partial charge in [0, 0.05) is 5.56 Å². The Labute approximate surface area is 148 Å². The lowest BCUT2D eigenvalue weighted by molar-refractivity contribution is 0.0735. The summed E-state index contributed by atoms with van der Waals surface area (Å²) in [4.78, 5) is 12.2. The Hall–Kier alpha value is -2.71. The molecule has 3 N–H and O–H groups in total. The van der Waals surface area contributed by atoms with Crippen LogP contribution in [0.4, 0.5) is 0 Å². The normalized spacial score (nSPS) is 10.6. The second-order valence-corrected chi connectivity index (χ2v) is 6.30. The smallest absolute Gasteiger partial charge is 0.343 e. The minimum atomic E-state index is -0.382. The Morgan fingerprint density at radius 2 is 1.80 bits per heavy atom. The van der Waals surface area contributed by atoms with Crippen LogP contribution < -0.4 is 10.5 Å². The van der Waals surface area contributed by atoms with Gasteiger partial charge in [-0.15, -0.1) is 9.24 Å². The molecule has 0 heterocycles. The summed E-state index contributed by atoms with van der Waals surface area (Å²) >= 11 is 0. The number of nitrogens with two attached hydrogens (primary N) is 1. The van der Waals surface area contributed by atoms with Crippen molar-refractivity contribution >= 4 is 31.8 Å². The second-order valence-electron chi connectivity index (χ2n) is 5.73. The van der Waals surface area contributed by atoms with Crippen LogP contribution in [0, 0.1) is 5.41 Å². The molecule has 3 aromatic rings. The maximum atomic E-state index is 12.2. The van der Waals surface area contributed by atoms with Crippen LogP contribution in [0.15, 0.2) is 60.7 Å². The van der Waals surface area contributed by atoms with Crippen molar-refractivity contribution in [3.63, 3.8) is 0 Å². The van der Waals surface area contributed by atoms with E-state index < -0.39 is 0 Å². The van der Waals surface area contributed by atoms with Crippen LogP contribution >= 0.6 is 9.24 Å². The number of rotatable bonds is 5. The highest BCUT2D eigenvalue weighted by Crippen LogP contribution is 2.27. The number of amidine groups is 1. The molecular formula is C20H19N2O2P. The highest BCUT2D eigenvalue weighted by Gasteiger charge is 2.11. The molecule has 0 spiro atoms. The zero-order valence-electron chi connectivity index (χ0n) is 13.7. The Kier molecular flexibility index (Phi) is 5.11. The number of nitrogen functional groups attached to an aromatic ring is 1. The second kappa shape index (κ2) is 7.45. The number of carbonyl (C=O) groups excluding carboxylic acids is 1. The monoisotopic (exact) mass is 350 g/mol. The van der Waals surface area contributed by atoms with Gasteiger partial charge in [0.25, 0.3) is 0 Å². The molecule has 0 aliphatic heterocycles. The molecule has 0 radical (unpaired) electrons. The van der Waals surface area contributed by atoms with Gasteiger partial charge in [-0.2, -0.15) is 0 Å². The van der Waals surface area contributed by atoms with Crippen LogP contribution in [0.1, 0.15) is 21.5 Å². The molecule has 0 bridgehead atoms. The van der Waals surface area contributed by atoms with Crippen LogP contribution in [-0.4, -0.2) is 18.0 Å². The zero-order chi connectivity index (χ0) is 17.8. The third kappa shape index (κ3) is 3.86. The summed E-state index contributed by atoms with van der Waals surface area (Å²) in [6.07, 6.45) is 1.73. The van der Waals surface area contributed by atoms with Gasteiger partial charge in [-0.25, -0.2) is 4.79 Å². The number of esters is 1. The van der Waals surface area contributed by atoms with E-state index in [1.54, 1.807) is 30.3 Å². The molecule has 1 atom stereocenters. The van der Waals surface area contributed by atoms with Crippen molar-refractivity contribution in [2.45, 2.75) is 6.42 Å². The van der Waals surface area contributed by atoms with Crippen molar-refractivity contribution in [2.75, 3.05) is 6.16 Å². The fourth-order valence-electron chi connectivity index (χ4n) is 2.74. The standard InChI is InChI=1S/C20H19N2O2P/c21-19(22)16-10-14-6-7-17(12-18(14)15(11-16)8-9-25)24-20(23)13-4-2-1-3-5-13/h1-7,10-12H,8-9,25H2,(H3,21,22). The van der Waals surface area contributed by atoms with Crippen molar-refractivity contribution < 1.29 is 9.53 Å². The first-order valence-electron chi connectivity index (χ1n) is 7.97. The van der Waals surface area contributed by atoms with Gasteiger partial charge in [-0.3, -0.25) is 5.41 Å². The quantitative estimate of drug-likeness (QED) is 0.242. The Balaban J connectivity index is 1.98. The molecule has 0 aliphatic rings. The Morgan fingerprint density at radius 1 is 1.04 bits per heavy atom. The van der Waals surface area contributed by atoms with E-state index >= 15 is 0 Å². The average molecular weight is 350 g/mol. The number of fused-ring (bicyclic) bond motifs is 1. The number of hydrogen-bond donors (Lipinski definition) is 2. The molecular weight excluding hydrogens is 331 g/mol. The zero-order valence-corrected chi connectivity index (χ0v) is 14.8. The SMILES string of the molecule is N=C(N)c1cc(CCP)c2cc(OC(=O)c3ccccc3)ccc2c1. The third-order valence-electron chi connectivity index (χ3n) is 3.96. The summed E-state index contributed by atoms with van der Waals surface area (Å²) in [7, 11) is 2.70. The topological polar surface area (TPSA) is 76.2 Å². The first-order valence-corrected chi connectivity index (χ1v) is 8.78. The van der Waals surface area contributed by atoms with Crippen molar-refractivity contribution in [1.29, 1.82) is 5.41 Å². The summed E-state index contributed by atoms with van der Waals surface area (Å²) in [6.45, 7) is 0. The van der Waals surface area contributed by atoms with Crippen LogP contribution in [-0.2, 0) is 6.42 Å². The minimum absolute atomic E-state index is 0.0477. The molecule has 0 aromatic heterocycles. The first-order chi connectivity index (χ1) is 12.1. The third-order valence-corrected chi connectivity index (χ3v) is 4.24. The van der Waals surface area contributed by atoms with Crippen molar-refractivity contribution in [3.8, 4) is 5.75 Å². The summed E-state index contributed by atoms with van der Waals surface area (Å²) in [6, 6.07) is 18.2. The van der Waals surface area contributed by atoms with Crippen LogP contribution in [0.3, 0.4) is 0 Å². The van der Waals surface area contributed by atoms with Crippen LogP contribution in [0.2, 0.25) is 0 Å². The molecule has 1 unspecified atom stereocenters. The van der Waals surface area contributed by atoms with E-state index in [0.717, 1.165) is 28.9 Å². The number of nitrogens with one attached hydrogen (secondary N) is 1. The van der Waals surface area contributed by atoms with Gasteiger partial charge >= 0.3 is 5.97 Å². The molecule has 3 rings (SSSR count). The van der Waals surface area contributed by atoms with E-state index in [4.69, 9.17) is 15.9 Å². The molecule has 0 saturated heterocycles. The maximum Gasteiger partial charge on any atom is 0.343 e. The van der Waals surface area contributed by atoms with Gasteiger partial charge in [0.1, 0.15) is 11.6 Å². The average Bonchev–Trinajstić information content (AvgIpc) is 2.62. The summed E-state index contributed by atoms with van der Waals surface area (Å²) < 4.78 is 5.51. The first kappa shape index (κ1) is 17.1. The van der Waals surface area contributed by atoms with E-state index in [9.17, 15) is 4.79 Å². The van der Waals surface area contributed by atoms with Gasteiger partial charge in [0.2, 0.25) is 0 Å². The molecule has 0 saturated carbocycles. The predicted octanol–water partition coefficient (Wildman–Crippen LogP) is 3.76. The van der Waals surface area contributed by atoms with E-state index in [0.29, 0.717) is 16.9 Å². The van der Waals surface area contributed by atoms with Gasteiger partial charge < -0.3 is 10.5 Å². The van der Waals surface area contributed by atoms with Crippen molar-refractivity contribution in [1.82, 2.24) is 0 Å². The number of aryl methyl sites for hydroxylation is 1. The molecule has 25 heavy (non-hydrogen) atoms. The maximum absolute atomic E-state index is 12.2. The number of benzene rings is 3. The lowest BCUT2D eigenvalue weighted by Crippen LogP contribution is -2.11. The van der Waals surface area contributed by atoms with Gasteiger partial charge in [-0.05, 0) is 65.3 Å². The number of carbonyl (C=O) groups is 1. The van der Waals surface area contributed by atoms with Crippen molar-refractivity contribution in [3.05, 3.63) is 77.4 Å². The fraction of sp³-hybridized carbons (Fsp3) is 0.100. The molecule has 0 fully saturated rings. The lowest BCUT2D eigenvalue weighted by Gasteiger charge is -2.11. The van der Waals surface area contributed by atoms with Gasteiger partial charge in [0.05, 0.1) is 5.56 Å². The summed E-state index contributed by atoms with van der Waals surface area (Å²) in [5, 5.41) is 9.65. The minimum Gasteiger partial charge on any atom is -0.423 e. The van der Waals surface area contributed by atoms with Crippen molar-refractivity contribution in [2.24, 2.45) is 5.73 Å². The van der Waals surface area contributed by atoms with E-state index in [1.807, 2.05) is 30.3 Å². The van der Waals surface area contributed by atoms with E-state index in [2.05, 4.69) is 9.24 Å². The fourth-order valence-corrected chi connectivity index (χ4v) is 3.05. The largest absolute Gasteiger partial charge is 0.423 e. The summed E-state index contributed by atoms with van der Waals surface area (Å²) in [5.74, 6) is 0.168. The Bertz CT molecular complexity index is 939. The van der Waals surface area contributed by atoms with Gasteiger partial charge in [0.15, 0.2) is 0 Å². The summed E-state index contributed by atoms with van der Waals surface area (Å²) in [5.41, 5.74) is 7.94. The van der Waals surface area contributed by atoms with Crippen LogP contribution in [0.25, 0.3) is 10.8 Å². The number of hydrogen-bond acceptors (Lipinski definition) is 3. The number of ether oxygens (including phenoxy) is 1. The van der Waals surface area contributed by atoms with E-state index in [1.165, 1.54) is 0 Å². The highest BCUT2D eigenvalue weighted by atomic mass is 31.0. The highest BCUT2D eigenvalue weighted by molar-refractivity contribution is 7.16. The van der Waals surface area contributed by atoms with E-state index in [-0.39, 0.29) is 11.8 Å². The van der Waals surface area contributed by atoms with Gasteiger partial charge in [-0.1, -0.05) is 24.3 Å². The lowest BCUT2D eigenvalue weighted by atomic mass is 9.98. The Morgan fingerprint density at radius 3 is 2.48 bits per heavy atom. The predicted molar refractivity (Wildman–Crippen MR) is 105 cm³/mol. The molecule has 126 valence electrons. The molecule has 4 nitrogen and oxygen atoms in total. The molecule has 5 heteroatoms.